The molecule has 2 aromatic heterocycles. The second-order valence-electron chi connectivity index (χ2n) is 10.0. The van der Waals surface area contributed by atoms with Crippen molar-refractivity contribution in [1.82, 2.24) is 15.0 Å². The third kappa shape index (κ3) is 6.91. The molecular weight excluding hydrogens is 508 g/mol. The summed E-state index contributed by atoms with van der Waals surface area (Å²) >= 11 is 0. The molecule has 4 heterocycles. The lowest BCUT2D eigenvalue weighted by atomic mass is 9.98. The van der Waals surface area contributed by atoms with Crippen LogP contribution in [0.5, 0.6) is 11.5 Å². The molecule has 1 aromatic carbocycles. The number of rotatable bonds is 10. The summed E-state index contributed by atoms with van der Waals surface area (Å²) in [6.07, 6.45) is 7.24. The van der Waals surface area contributed by atoms with E-state index in [1.807, 2.05) is 56.3 Å². The van der Waals surface area contributed by atoms with Gasteiger partial charge in [0.1, 0.15) is 23.6 Å². The first-order valence-corrected chi connectivity index (χ1v) is 14.2. The second kappa shape index (κ2) is 13.3. The highest BCUT2D eigenvalue weighted by atomic mass is 16.5. The summed E-state index contributed by atoms with van der Waals surface area (Å²) in [5.74, 6) is 4.20. The largest absolute Gasteiger partial charge is 0.490 e. The molecule has 0 radical (unpaired) electrons. The molecule has 0 amide bonds. The van der Waals surface area contributed by atoms with E-state index in [-0.39, 0.29) is 18.0 Å². The van der Waals surface area contributed by atoms with Crippen LogP contribution in [0.15, 0.2) is 54.9 Å². The SMILES string of the molecule is CCOC(=O)C1CCCN(c2cccc(Nc3cncc(N4CCCC(Oc5ccccc5OCC)C4)n3)n2)C1. The lowest BCUT2D eigenvalue weighted by Gasteiger charge is -2.34. The number of benzene rings is 1. The van der Waals surface area contributed by atoms with E-state index in [9.17, 15) is 4.79 Å². The molecule has 0 aliphatic carbocycles. The number of esters is 1. The Morgan fingerprint density at radius 1 is 0.875 bits per heavy atom. The van der Waals surface area contributed by atoms with Crippen molar-refractivity contribution in [2.75, 3.05) is 54.5 Å². The van der Waals surface area contributed by atoms with Gasteiger partial charge in [0.25, 0.3) is 0 Å². The summed E-state index contributed by atoms with van der Waals surface area (Å²) in [7, 11) is 0. The van der Waals surface area contributed by atoms with Crippen molar-refractivity contribution in [3.05, 3.63) is 54.9 Å². The number of carbonyl (C=O) groups excluding carboxylic acids is 1. The third-order valence-electron chi connectivity index (χ3n) is 7.12. The van der Waals surface area contributed by atoms with Crippen LogP contribution in [0.2, 0.25) is 0 Å². The maximum atomic E-state index is 12.3. The molecule has 212 valence electrons. The van der Waals surface area contributed by atoms with E-state index in [0.29, 0.717) is 37.9 Å². The summed E-state index contributed by atoms with van der Waals surface area (Å²) < 4.78 is 17.3. The van der Waals surface area contributed by atoms with E-state index >= 15 is 0 Å². The molecule has 2 unspecified atom stereocenters. The Morgan fingerprint density at radius 3 is 2.48 bits per heavy atom. The molecule has 0 saturated carbocycles. The summed E-state index contributed by atoms with van der Waals surface area (Å²) in [4.78, 5) is 30.7. The van der Waals surface area contributed by atoms with Crippen molar-refractivity contribution >= 4 is 29.2 Å². The van der Waals surface area contributed by atoms with E-state index in [0.717, 1.165) is 61.9 Å². The summed E-state index contributed by atoms with van der Waals surface area (Å²) in [5, 5.41) is 3.31. The molecule has 1 N–H and O–H groups in total. The average Bonchev–Trinajstić information content (AvgIpc) is 2.99. The standard InChI is InChI=1S/C30H38N6O4/c1-3-38-24-12-5-6-13-25(24)40-23-11-9-17-36(21-23)29-19-31-18-27(34-29)32-26-14-7-15-28(33-26)35-16-8-10-22(20-35)30(37)39-4-2/h5-7,12-15,18-19,22-23H,3-4,8-11,16-17,20-21H2,1-2H3,(H,32,33,34). The zero-order chi connectivity index (χ0) is 27.7. The number of piperidine rings is 2. The Hall–Kier alpha value is -4.08. The first kappa shape index (κ1) is 27.5. The Labute approximate surface area is 235 Å². The topological polar surface area (TPSA) is 102 Å². The van der Waals surface area contributed by atoms with Crippen LogP contribution in [0.1, 0.15) is 39.5 Å². The van der Waals surface area contributed by atoms with Gasteiger partial charge in [-0.15, -0.1) is 0 Å². The van der Waals surface area contributed by atoms with E-state index in [1.165, 1.54) is 0 Å². The fraction of sp³-hybridized carbons (Fsp3) is 0.467. The van der Waals surface area contributed by atoms with Crippen molar-refractivity contribution in [2.45, 2.75) is 45.6 Å². The minimum Gasteiger partial charge on any atom is -0.490 e. The van der Waals surface area contributed by atoms with Crippen LogP contribution >= 0.6 is 0 Å². The molecule has 2 fully saturated rings. The Balaban J connectivity index is 1.23. The Kier molecular flexibility index (Phi) is 9.15. The van der Waals surface area contributed by atoms with Crippen LogP contribution in [0.3, 0.4) is 0 Å². The van der Waals surface area contributed by atoms with Gasteiger partial charge in [-0.25, -0.2) is 9.97 Å². The van der Waals surface area contributed by atoms with E-state index in [2.05, 4.69) is 20.1 Å². The highest BCUT2D eigenvalue weighted by Gasteiger charge is 2.28. The number of pyridine rings is 1. The van der Waals surface area contributed by atoms with Gasteiger partial charge in [-0.05, 0) is 63.8 Å². The van der Waals surface area contributed by atoms with Crippen LogP contribution in [0, 0.1) is 5.92 Å². The number of anilines is 4. The highest BCUT2D eigenvalue weighted by Crippen LogP contribution is 2.30. The van der Waals surface area contributed by atoms with Gasteiger partial charge < -0.3 is 29.3 Å². The van der Waals surface area contributed by atoms with Gasteiger partial charge in [-0.1, -0.05) is 18.2 Å². The van der Waals surface area contributed by atoms with Crippen molar-refractivity contribution in [3.8, 4) is 11.5 Å². The molecule has 2 aliphatic rings. The molecule has 3 aromatic rings. The van der Waals surface area contributed by atoms with Crippen LogP contribution in [-0.2, 0) is 9.53 Å². The van der Waals surface area contributed by atoms with Gasteiger partial charge in [-0.2, -0.15) is 0 Å². The monoisotopic (exact) mass is 546 g/mol. The van der Waals surface area contributed by atoms with E-state index < -0.39 is 0 Å². The Morgan fingerprint density at radius 2 is 1.65 bits per heavy atom. The number of carbonyl (C=O) groups is 1. The van der Waals surface area contributed by atoms with E-state index in [4.69, 9.17) is 24.2 Å². The second-order valence-corrected chi connectivity index (χ2v) is 10.0. The number of nitrogens with zero attached hydrogens (tertiary/aromatic N) is 5. The lowest BCUT2D eigenvalue weighted by Crippen LogP contribution is -2.41. The van der Waals surface area contributed by atoms with Gasteiger partial charge in [0.15, 0.2) is 17.3 Å². The van der Waals surface area contributed by atoms with Crippen molar-refractivity contribution < 1.29 is 19.0 Å². The molecule has 0 spiro atoms. The predicted molar refractivity (Wildman–Crippen MR) is 155 cm³/mol. The number of ether oxygens (including phenoxy) is 3. The molecule has 2 aliphatic heterocycles. The number of aromatic nitrogens is 3. The molecular formula is C30H38N6O4. The number of para-hydroxylation sites is 2. The van der Waals surface area contributed by atoms with Crippen LogP contribution < -0.4 is 24.6 Å². The molecule has 2 saturated heterocycles. The maximum Gasteiger partial charge on any atom is 0.310 e. The fourth-order valence-corrected chi connectivity index (χ4v) is 5.25. The van der Waals surface area contributed by atoms with Crippen LogP contribution in [-0.4, -0.2) is 66.4 Å². The molecule has 10 heteroatoms. The zero-order valence-corrected chi connectivity index (χ0v) is 23.3. The number of hydrogen-bond acceptors (Lipinski definition) is 10. The van der Waals surface area contributed by atoms with Crippen LogP contribution in [0.25, 0.3) is 0 Å². The van der Waals surface area contributed by atoms with Gasteiger partial charge >= 0.3 is 5.97 Å². The van der Waals surface area contributed by atoms with Crippen LogP contribution in [0.4, 0.5) is 23.3 Å². The van der Waals surface area contributed by atoms with Gasteiger partial charge in [-0.3, -0.25) is 9.78 Å². The summed E-state index contributed by atoms with van der Waals surface area (Å²) in [6, 6.07) is 13.7. The fourth-order valence-electron chi connectivity index (χ4n) is 5.25. The number of nitrogens with one attached hydrogen (secondary N) is 1. The van der Waals surface area contributed by atoms with Crippen molar-refractivity contribution in [1.29, 1.82) is 0 Å². The maximum absolute atomic E-state index is 12.3. The molecule has 40 heavy (non-hydrogen) atoms. The quantitative estimate of drug-likeness (QED) is 0.355. The Bertz CT molecular complexity index is 1270. The van der Waals surface area contributed by atoms with Crippen molar-refractivity contribution in [3.63, 3.8) is 0 Å². The minimum absolute atomic E-state index is 0.0232. The number of hydrogen-bond donors (Lipinski definition) is 1. The first-order chi connectivity index (χ1) is 19.6. The first-order valence-electron chi connectivity index (χ1n) is 14.2. The average molecular weight is 547 g/mol. The smallest absolute Gasteiger partial charge is 0.310 e. The normalized spacial score (nSPS) is 19.1. The predicted octanol–water partition coefficient (Wildman–Crippen LogP) is 4.84. The molecule has 10 nitrogen and oxygen atoms in total. The van der Waals surface area contributed by atoms with E-state index in [1.54, 1.807) is 12.4 Å². The van der Waals surface area contributed by atoms with Gasteiger partial charge in [0.2, 0.25) is 0 Å². The zero-order valence-electron chi connectivity index (χ0n) is 23.3. The highest BCUT2D eigenvalue weighted by molar-refractivity contribution is 5.73. The van der Waals surface area contributed by atoms with Crippen molar-refractivity contribution in [2.24, 2.45) is 5.92 Å². The summed E-state index contributed by atoms with van der Waals surface area (Å²) in [5.41, 5.74) is 0. The van der Waals surface area contributed by atoms with Gasteiger partial charge in [0, 0.05) is 19.6 Å². The molecule has 2 atom stereocenters. The lowest BCUT2D eigenvalue weighted by molar-refractivity contribution is -0.148. The third-order valence-corrected chi connectivity index (χ3v) is 7.12. The molecule has 0 bridgehead atoms. The minimum atomic E-state index is -0.127. The van der Waals surface area contributed by atoms with Gasteiger partial charge in [0.05, 0.1) is 38.1 Å². The summed E-state index contributed by atoms with van der Waals surface area (Å²) in [6.45, 7) is 7.87. The molecule has 5 rings (SSSR count).